The molecule has 3 N–H and O–H groups in total. The molecule has 1 aromatic heterocycles. The van der Waals surface area contributed by atoms with E-state index >= 15 is 0 Å². The maximum Gasteiger partial charge on any atom is 0.323 e. The molecule has 3 amide bonds. The maximum absolute atomic E-state index is 12.3. The predicted molar refractivity (Wildman–Crippen MR) is 137 cm³/mol. The zero-order valence-electron chi connectivity index (χ0n) is 17.2. The second-order valence-electron chi connectivity index (χ2n) is 6.85. The number of urea groups is 1. The molecule has 6 nitrogen and oxygen atoms in total. The average Bonchev–Trinajstić information content (AvgIpc) is 3.27. The van der Waals surface area contributed by atoms with Gasteiger partial charge in [-0.3, -0.25) is 4.79 Å². The van der Waals surface area contributed by atoms with E-state index < -0.39 is 0 Å². The number of thioether (sulfide) groups is 1. The van der Waals surface area contributed by atoms with Gasteiger partial charge in [-0.05, 0) is 42.5 Å². The quantitative estimate of drug-likeness (QED) is 0.246. The highest BCUT2D eigenvalue weighted by Gasteiger charge is 2.09. The topological polar surface area (TPSA) is 83.1 Å². The summed E-state index contributed by atoms with van der Waals surface area (Å²) in [7, 11) is 0. The number of anilines is 3. The highest BCUT2D eigenvalue weighted by Crippen LogP contribution is 2.25. The fraction of sp³-hybridized carbons (Fsp3) is 0.0417. The molecule has 33 heavy (non-hydrogen) atoms. The normalized spacial score (nSPS) is 10.5. The van der Waals surface area contributed by atoms with Crippen LogP contribution < -0.4 is 16.0 Å². The Labute approximate surface area is 204 Å². The Morgan fingerprint density at radius 2 is 1.64 bits per heavy atom. The molecule has 0 aliphatic heterocycles. The Balaban J connectivity index is 1.24. The summed E-state index contributed by atoms with van der Waals surface area (Å²) in [6.45, 7) is 0. The molecule has 3 aromatic carbocycles. The van der Waals surface area contributed by atoms with Crippen molar-refractivity contribution in [2.45, 2.75) is 4.90 Å². The lowest BCUT2D eigenvalue weighted by molar-refractivity contribution is -0.113. The smallest absolute Gasteiger partial charge is 0.308 e. The first-order valence-electron chi connectivity index (χ1n) is 9.92. The van der Waals surface area contributed by atoms with Crippen LogP contribution >= 0.6 is 34.7 Å². The van der Waals surface area contributed by atoms with Crippen molar-refractivity contribution in [1.82, 2.24) is 4.98 Å². The molecule has 0 aliphatic rings. The lowest BCUT2D eigenvalue weighted by Gasteiger charge is -2.08. The summed E-state index contributed by atoms with van der Waals surface area (Å²) in [5.74, 6) is 0.125. The van der Waals surface area contributed by atoms with E-state index in [2.05, 4.69) is 20.9 Å². The molecule has 0 saturated heterocycles. The van der Waals surface area contributed by atoms with Crippen LogP contribution in [0.15, 0.2) is 89.1 Å². The van der Waals surface area contributed by atoms with Gasteiger partial charge in [0.2, 0.25) is 5.91 Å². The van der Waals surface area contributed by atoms with Gasteiger partial charge in [0.25, 0.3) is 0 Å². The third kappa shape index (κ3) is 6.82. The Kier molecular flexibility index (Phi) is 7.62. The summed E-state index contributed by atoms with van der Waals surface area (Å²) in [5.41, 5.74) is 3.10. The van der Waals surface area contributed by atoms with E-state index in [1.54, 1.807) is 36.4 Å². The van der Waals surface area contributed by atoms with Crippen LogP contribution in [0.25, 0.3) is 11.3 Å². The zero-order chi connectivity index (χ0) is 23.0. The van der Waals surface area contributed by atoms with Crippen molar-refractivity contribution in [3.8, 4) is 11.3 Å². The van der Waals surface area contributed by atoms with E-state index in [1.807, 2.05) is 47.8 Å². The van der Waals surface area contributed by atoms with Gasteiger partial charge in [0, 0.05) is 32.2 Å². The molecule has 166 valence electrons. The Morgan fingerprint density at radius 3 is 2.39 bits per heavy atom. The van der Waals surface area contributed by atoms with Crippen LogP contribution in [0.5, 0.6) is 0 Å². The minimum Gasteiger partial charge on any atom is -0.308 e. The average molecular weight is 495 g/mol. The van der Waals surface area contributed by atoms with Gasteiger partial charge < -0.3 is 16.0 Å². The lowest BCUT2D eigenvalue weighted by atomic mass is 10.2. The summed E-state index contributed by atoms with van der Waals surface area (Å²) in [5, 5.41) is 11.4. The van der Waals surface area contributed by atoms with E-state index in [0.717, 1.165) is 16.2 Å². The van der Waals surface area contributed by atoms with Crippen molar-refractivity contribution in [3.05, 3.63) is 89.3 Å². The molecule has 1 heterocycles. The molecule has 4 rings (SSSR count). The second kappa shape index (κ2) is 11.0. The molecular formula is C24H19ClN4O2S2. The molecule has 0 atom stereocenters. The third-order valence-corrected chi connectivity index (χ3v) is 6.39. The first kappa shape index (κ1) is 22.8. The number of hydrogen-bond donors (Lipinski definition) is 3. The van der Waals surface area contributed by atoms with Crippen LogP contribution in [0, 0.1) is 0 Å². The highest BCUT2D eigenvalue weighted by atomic mass is 35.5. The molecule has 0 spiro atoms. The number of carbonyl (C=O) groups excluding carboxylic acids is 2. The van der Waals surface area contributed by atoms with Gasteiger partial charge >= 0.3 is 6.03 Å². The third-order valence-electron chi connectivity index (χ3n) is 4.38. The lowest BCUT2D eigenvalue weighted by Crippen LogP contribution is -2.19. The number of nitrogens with one attached hydrogen (secondary N) is 3. The fourth-order valence-electron chi connectivity index (χ4n) is 2.87. The SMILES string of the molecule is O=C(CSc1ccc(NC(=O)Nc2cccc(Cl)c2)cc1)Nc1nc(-c2ccccc2)cs1. The summed E-state index contributed by atoms with van der Waals surface area (Å²) < 4.78 is 0. The van der Waals surface area contributed by atoms with E-state index in [4.69, 9.17) is 11.6 Å². The van der Waals surface area contributed by atoms with Crippen LogP contribution in [-0.2, 0) is 4.79 Å². The molecule has 0 unspecified atom stereocenters. The van der Waals surface area contributed by atoms with Gasteiger partial charge in [0.1, 0.15) is 0 Å². The molecule has 4 aromatic rings. The van der Waals surface area contributed by atoms with Crippen molar-refractivity contribution in [1.29, 1.82) is 0 Å². The van der Waals surface area contributed by atoms with Crippen molar-refractivity contribution >= 4 is 63.1 Å². The molecule has 0 radical (unpaired) electrons. The second-order valence-corrected chi connectivity index (χ2v) is 9.20. The predicted octanol–water partition coefficient (Wildman–Crippen LogP) is 6.84. The minimum atomic E-state index is -0.365. The molecule has 0 bridgehead atoms. The molecular weight excluding hydrogens is 476 g/mol. The number of carbonyl (C=O) groups is 2. The van der Waals surface area contributed by atoms with Gasteiger partial charge in [-0.1, -0.05) is 48.0 Å². The molecule has 0 saturated carbocycles. The molecule has 0 fully saturated rings. The van der Waals surface area contributed by atoms with Crippen molar-refractivity contribution in [3.63, 3.8) is 0 Å². The van der Waals surface area contributed by atoms with E-state index in [1.165, 1.54) is 23.1 Å². The van der Waals surface area contributed by atoms with Gasteiger partial charge in [-0.15, -0.1) is 23.1 Å². The number of rotatable bonds is 7. The van der Waals surface area contributed by atoms with E-state index in [9.17, 15) is 9.59 Å². The van der Waals surface area contributed by atoms with Crippen molar-refractivity contribution in [2.24, 2.45) is 0 Å². The number of amides is 3. The largest absolute Gasteiger partial charge is 0.323 e. The Hall–Kier alpha value is -3.33. The van der Waals surface area contributed by atoms with Crippen LogP contribution in [0.2, 0.25) is 5.02 Å². The number of benzene rings is 3. The summed E-state index contributed by atoms with van der Waals surface area (Å²) in [6, 6.07) is 23.6. The number of nitrogens with zero attached hydrogens (tertiary/aromatic N) is 1. The number of hydrogen-bond acceptors (Lipinski definition) is 5. The first-order valence-corrected chi connectivity index (χ1v) is 12.2. The standard InChI is InChI=1S/C24H19ClN4O2S2/c25-17-7-4-8-19(13-17)27-23(31)26-18-9-11-20(12-10-18)32-15-22(30)29-24-28-21(14-33-24)16-5-2-1-3-6-16/h1-14H,15H2,(H2,26,27,31)(H,28,29,30). The monoisotopic (exact) mass is 494 g/mol. The fourth-order valence-corrected chi connectivity index (χ4v) is 4.50. The van der Waals surface area contributed by atoms with E-state index in [-0.39, 0.29) is 17.7 Å². The summed E-state index contributed by atoms with van der Waals surface area (Å²) in [4.78, 5) is 29.8. The van der Waals surface area contributed by atoms with Gasteiger partial charge in [-0.25, -0.2) is 9.78 Å². The van der Waals surface area contributed by atoms with Crippen LogP contribution in [0.4, 0.5) is 21.3 Å². The maximum atomic E-state index is 12.3. The van der Waals surface area contributed by atoms with E-state index in [0.29, 0.717) is 21.5 Å². The first-order chi connectivity index (χ1) is 16.0. The summed E-state index contributed by atoms with van der Waals surface area (Å²) >= 11 is 8.73. The zero-order valence-corrected chi connectivity index (χ0v) is 19.6. The Bertz CT molecular complexity index is 1250. The highest BCUT2D eigenvalue weighted by molar-refractivity contribution is 8.00. The Morgan fingerprint density at radius 1 is 0.879 bits per heavy atom. The summed E-state index contributed by atoms with van der Waals surface area (Å²) in [6.07, 6.45) is 0. The number of thiazole rings is 1. The van der Waals surface area contributed by atoms with Crippen LogP contribution in [0.1, 0.15) is 0 Å². The van der Waals surface area contributed by atoms with Crippen molar-refractivity contribution < 1.29 is 9.59 Å². The van der Waals surface area contributed by atoms with Gasteiger partial charge in [-0.2, -0.15) is 0 Å². The van der Waals surface area contributed by atoms with Gasteiger partial charge in [0.15, 0.2) is 5.13 Å². The molecule has 0 aliphatic carbocycles. The van der Waals surface area contributed by atoms with Gasteiger partial charge in [0.05, 0.1) is 11.4 Å². The minimum absolute atomic E-state index is 0.128. The number of aromatic nitrogens is 1. The van der Waals surface area contributed by atoms with Crippen LogP contribution in [0.3, 0.4) is 0 Å². The molecule has 9 heteroatoms. The van der Waals surface area contributed by atoms with Crippen LogP contribution in [-0.4, -0.2) is 22.7 Å². The number of halogens is 1. The van der Waals surface area contributed by atoms with Crippen molar-refractivity contribution in [2.75, 3.05) is 21.7 Å².